The fourth-order valence-corrected chi connectivity index (χ4v) is 3.74. The number of amides is 1. The van der Waals surface area contributed by atoms with E-state index in [1.807, 2.05) is 24.4 Å². The van der Waals surface area contributed by atoms with Gasteiger partial charge in [0, 0.05) is 29.2 Å². The second-order valence-corrected chi connectivity index (χ2v) is 8.04. The number of aromatic nitrogens is 1. The Morgan fingerprint density at radius 2 is 1.81 bits per heavy atom. The van der Waals surface area contributed by atoms with Crippen LogP contribution in [0.4, 0.5) is 29.7 Å². The van der Waals surface area contributed by atoms with Crippen LogP contribution < -0.4 is 15.4 Å². The van der Waals surface area contributed by atoms with Gasteiger partial charge in [-0.25, -0.2) is 4.98 Å². The van der Waals surface area contributed by atoms with E-state index in [1.54, 1.807) is 18.2 Å². The molecule has 3 aromatic rings. The largest absolute Gasteiger partial charge is 0.493 e. The van der Waals surface area contributed by atoms with Crippen molar-refractivity contribution >= 4 is 33.8 Å². The number of carbonyl (C=O) groups is 1. The number of thiazole rings is 1. The number of nitrogens with zero attached hydrogens (tertiary/aromatic N) is 1. The number of halogens is 3. The predicted octanol–water partition coefficient (Wildman–Crippen LogP) is 7.10. The fourth-order valence-electron chi connectivity index (χ4n) is 3.00. The van der Waals surface area contributed by atoms with Gasteiger partial charge in [0.1, 0.15) is 5.75 Å². The van der Waals surface area contributed by atoms with Crippen molar-refractivity contribution in [2.45, 2.75) is 39.3 Å². The second-order valence-electron chi connectivity index (χ2n) is 7.19. The summed E-state index contributed by atoms with van der Waals surface area (Å²) in [6.45, 7) is 3.70. The molecule has 5 nitrogen and oxygen atoms in total. The fraction of sp³-hybridized carbons (Fsp3) is 0.304. The summed E-state index contributed by atoms with van der Waals surface area (Å²) in [5, 5.41) is 7.91. The van der Waals surface area contributed by atoms with E-state index in [2.05, 4.69) is 15.6 Å². The van der Waals surface area contributed by atoms with Crippen LogP contribution in [0.3, 0.4) is 0 Å². The Bertz CT molecular complexity index is 1050. The van der Waals surface area contributed by atoms with Gasteiger partial charge in [-0.05, 0) is 36.8 Å². The predicted molar refractivity (Wildman–Crippen MR) is 122 cm³/mol. The van der Waals surface area contributed by atoms with Crippen LogP contribution >= 0.6 is 11.3 Å². The van der Waals surface area contributed by atoms with Crippen molar-refractivity contribution in [1.82, 2.24) is 4.98 Å². The Morgan fingerprint density at radius 1 is 1.09 bits per heavy atom. The van der Waals surface area contributed by atoms with Crippen LogP contribution in [-0.4, -0.2) is 17.5 Å². The monoisotopic (exact) mass is 463 g/mol. The van der Waals surface area contributed by atoms with Crippen LogP contribution in [-0.2, 0) is 11.0 Å². The number of alkyl halides is 3. The topological polar surface area (TPSA) is 63.2 Å². The van der Waals surface area contributed by atoms with Crippen LogP contribution in [0.1, 0.15) is 38.7 Å². The molecule has 0 aliphatic heterocycles. The molecular formula is C23H24F3N3O2S. The molecule has 2 aromatic carbocycles. The first-order valence-corrected chi connectivity index (χ1v) is 11.1. The Morgan fingerprint density at radius 3 is 2.47 bits per heavy atom. The second kappa shape index (κ2) is 10.5. The normalized spacial score (nSPS) is 11.3. The molecular weight excluding hydrogens is 439 g/mol. The van der Waals surface area contributed by atoms with Gasteiger partial charge in [0.25, 0.3) is 0 Å². The molecule has 0 saturated heterocycles. The molecule has 0 aliphatic carbocycles. The third kappa shape index (κ3) is 6.46. The van der Waals surface area contributed by atoms with E-state index < -0.39 is 11.7 Å². The summed E-state index contributed by atoms with van der Waals surface area (Å²) in [6.07, 6.45) is -1.94. The van der Waals surface area contributed by atoms with Crippen molar-refractivity contribution in [3.05, 3.63) is 53.4 Å². The maximum Gasteiger partial charge on any atom is 0.420 e. The van der Waals surface area contributed by atoms with Gasteiger partial charge in [-0.3, -0.25) is 4.79 Å². The van der Waals surface area contributed by atoms with Crippen molar-refractivity contribution in [1.29, 1.82) is 0 Å². The Kier molecular flexibility index (Phi) is 7.74. The van der Waals surface area contributed by atoms with Gasteiger partial charge in [0.05, 0.1) is 17.9 Å². The quantitative estimate of drug-likeness (QED) is 0.332. The van der Waals surface area contributed by atoms with E-state index in [0.717, 1.165) is 24.5 Å². The van der Waals surface area contributed by atoms with E-state index in [4.69, 9.17) is 4.74 Å². The average Bonchev–Trinajstić information content (AvgIpc) is 3.20. The molecule has 1 amide bonds. The lowest BCUT2D eigenvalue weighted by Gasteiger charge is -2.15. The number of benzene rings is 2. The SMILES string of the molecule is CCCCCOc1ccc(Nc2nc(-c3ccc(NC(C)=O)cc3)cs2)cc1C(F)(F)F. The smallest absolute Gasteiger partial charge is 0.420 e. The van der Waals surface area contributed by atoms with Crippen LogP contribution in [0.25, 0.3) is 11.3 Å². The van der Waals surface area contributed by atoms with Gasteiger partial charge in [-0.15, -0.1) is 11.3 Å². The van der Waals surface area contributed by atoms with Crippen molar-refractivity contribution in [3.8, 4) is 17.0 Å². The molecule has 0 bridgehead atoms. The van der Waals surface area contributed by atoms with Gasteiger partial charge < -0.3 is 15.4 Å². The van der Waals surface area contributed by atoms with Crippen molar-refractivity contribution in [2.24, 2.45) is 0 Å². The van der Waals surface area contributed by atoms with Crippen molar-refractivity contribution in [2.75, 3.05) is 17.2 Å². The van der Waals surface area contributed by atoms with Gasteiger partial charge in [-0.1, -0.05) is 31.9 Å². The minimum absolute atomic E-state index is 0.159. The minimum Gasteiger partial charge on any atom is -0.493 e. The van der Waals surface area contributed by atoms with E-state index in [0.29, 0.717) is 22.9 Å². The number of anilines is 3. The highest BCUT2D eigenvalue weighted by Crippen LogP contribution is 2.39. The third-order valence-corrected chi connectivity index (χ3v) is 5.30. The molecule has 0 unspecified atom stereocenters. The Hall–Kier alpha value is -3.07. The number of hydrogen-bond acceptors (Lipinski definition) is 5. The number of rotatable bonds is 9. The zero-order valence-electron chi connectivity index (χ0n) is 17.8. The standard InChI is InChI=1S/C23H24F3N3O2S/c1-3-4-5-12-31-21-11-10-18(13-19(21)23(24,25)26)28-22-29-20(14-32-22)16-6-8-17(9-7-16)27-15(2)30/h6-11,13-14H,3-5,12H2,1-2H3,(H,27,30)(H,28,29). The summed E-state index contributed by atoms with van der Waals surface area (Å²) in [6, 6.07) is 11.1. The number of ether oxygens (including phenoxy) is 1. The van der Waals surface area contributed by atoms with E-state index >= 15 is 0 Å². The highest BCUT2D eigenvalue weighted by atomic mass is 32.1. The summed E-state index contributed by atoms with van der Waals surface area (Å²) < 4.78 is 46.0. The highest BCUT2D eigenvalue weighted by molar-refractivity contribution is 7.14. The summed E-state index contributed by atoms with van der Waals surface area (Å²) >= 11 is 1.29. The number of hydrogen-bond donors (Lipinski definition) is 2. The molecule has 0 atom stereocenters. The first-order chi connectivity index (χ1) is 15.3. The van der Waals surface area contributed by atoms with Gasteiger partial charge in [0.15, 0.2) is 5.13 Å². The molecule has 0 aliphatic rings. The molecule has 0 spiro atoms. The van der Waals surface area contributed by atoms with E-state index in [-0.39, 0.29) is 24.0 Å². The minimum atomic E-state index is -4.53. The summed E-state index contributed by atoms with van der Waals surface area (Å²) in [4.78, 5) is 15.6. The maximum atomic E-state index is 13.5. The third-order valence-electron chi connectivity index (χ3n) is 4.55. The molecule has 9 heteroatoms. The summed E-state index contributed by atoms with van der Waals surface area (Å²) in [5.41, 5.74) is 1.64. The Balaban J connectivity index is 1.73. The lowest BCUT2D eigenvalue weighted by molar-refractivity contribution is -0.138. The zero-order valence-corrected chi connectivity index (χ0v) is 18.6. The average molecular weight is 464 g/mol. The first kappa shape index (κ1) is 23.6. The summed E-state index contributed by atoms with van der Waals surface area (Å²) in [7, 11) is 0. The molecule has 0 saturated carbocycles. The molecule has 0 fully saturated rings. The Labute approximate surface area is 188 Å². The molecule has 1 aromatic heterocycles. The molecule has 1 heterocycles. The molecule has 32 heavy (non-hydrogen) atoms. The van der Waals surface area contributed by atoms with E-state index in [1.165, 1.54) is 24.3 Å². The lowest BCUT2D eigenvalue weighted by atomic mass is 10.1. The van der Waals surface area contributed by atoms with Crippen molar-refractivity contribution in [3.63, 3.8) is 0 Å². The molecule has 3 rings (SSSR count). The highest BCUT2D eigenvalue weighted by Gasteiger charge is 2.34. The summed E-state index contributed by atoms with van der Waals surface area (Å²) in [5.74, 6) is -0.327. The molecule has 170 valence electrons. The molecule has 0 radical (unpaired) electrons. The van der Waals surface area contributed by atoms with Gasteiger partial charge >= 0.3 is 6.18 Å². The number of unbranched alkanes of at least 4 members (excludes halogenated alkanes) is 2. The van der Waals surface area contributed by atoms with Crippen LogP contribution in [0.2, 0.25) is 0 Å². The van der Waals surface area contributed by atoms with Crippen LogP contribution in [0.5, 0.6) is 5.75 Å². The number of nitrogens with one attached hydrogen (secondary N) is 2. The van der Waals surface area contributed by atoms with Crippen LogP contribution in [0.15, 0.2) is 47.8 Å². The first-order valence-electron chi connectivity index (χ1n) is 10.2. The van der Waals surface area contributed by atoms with Gasteiger partial charge in [0.2, 0.25) is 5.91 Å². The zero-order chi connectivity index (χ0) is 23.1. The molecule has 2 N–H and O–H groups in total. The van der Waals surface area contributed by atoms with Gasteiger partial charge in [-0.2, -0.15) is 13.2 Å². The maximum absolute atomic E-state index is 13.5. The number of carbonyl (C=O) groups excluding carboxylic acids is 1. The lowest BCUT2D eigenvalue weighted by Crippen LogP contribution is -2.10. The van der Waals surface area contributed by atoms with E-state index in [9.17, 15) is 18.0 Å². The van der Waals surface area contributed by atoms with Crippen LogP contribution in [0, 0.1) is 0 Å². The van der Waals surface area contributed by atoms with Crippen molar-refractivity contribution < 1.29 is 22.7 Å².